The van der Waals surface area contributed by atoms with Gasteiger partial charge in [0.1, 0.15) is 18.2 Å². The molecule has 0 fully saturated rings. The second kappa shape index (κ2) is 4.52. The van der Waals surface area contributed by atoms with Gasteiger partial charge in [-0.25, -0.2) is 9.97 Å². The van der Waals surface area contributed by atoms with Crippen LogP contribution < -0.4 is 16.4 Å². The number of fused-ring (bicyclic) bond motifs is 6. The second-order valence-corrected chi connectivity index (χ2v) is 7.67. The molecular formula is C22H11BN6. The van der Waals surface area contributed by atoms with E-state index in [9.17, 15) is 0 Å². The van der Waals surface area contributed by atoms with Crippen molar-refractivity contribution in [1.29, 1.82) is 0 Å². The maximum atomic E-state index is 4.72. The number of para-hydroxylation sites is 2. The molecule has 6 aromatic rings. The van der Waals surface area contributed by atoms with Crippen molar-refractivity contribution in [3.63, 3.8) is 0 Å². The second-order valence-electron chi connectivity index (χ2n) is 7.67. The highest BCUT2D eigenvalue weighted by atomic mass is 15.1. The molecule has 8 rings (SSSR count). The van der Waals surface area contributed by atoms with Crippen LogP contribution in [0.15, 0.2) is 67.5 Å². The van der Waals surface area contributed by atoms with Crippen molar-refractivity contribution in [2.24, 2.45) is 0 Å². The smallest absolute Gasteiger partial charge is 0.252 e. The van der Waals surface area contributed by atoms with Crippen LogP contribution in [0.1, 0.15) is 0 Å². The molecule has 2 aliphatic rings. The average molecular weight is 370 g/mol. The van der Waals surface area contributed by atoms with Crippen molar-refractivity contribution in [3.8, 4) is 11.4 Å². The third-order valence-corrected chi connectivity index (χ3v) is 6.36. The zero-order valence-corrected chi connectivity index (χ0v) is 15.1. The highest BCUT2D eigenvalue weighted by Gasteiger charge is 2.40. The van der Waals surface area contributed by atoms with Crippen molar-refractivity contribution in [1.82, 2.24) is 29.1 Å². The van der Waals surface area contributed by atoms with Gasteiger partial charge < -0.3 is 0 Å². The van der Waals surface area contributed by atoms with E-state index in [4.69, 9.17) is 9.97 Å². The van der Waals surface area contributed by atoms with Crippen LogP contribution in [0.3, 0.4) is 0 Å². The summed E-state index contributed by atoms with van der Waals surface area (Å²) in [5.41, 5.74) is 12.1. The summed E-state index contributed by atoms with van der Waals surface area (Å²) in [5.74, 6) is 0. The van der Waals surface area contributed by atoms with E-state index in [1.54, 1.807) is 12.4 Å². The lowest BCUT2D eigenvalue weighted by Crippen LogP contribution is -2.59. The Morgan fingerprint density at radius 1 is 0.690 bits per heavy atom. The molecule has 0 spiro atoms. The predicted octanol–water partition coefficient (Wildman–Crippen LogP) is 1.45. The van der Waals surface area contributed by atoms with Crippen LogP contribution in [0.25, 0.3) is 44.5 Å². The van der Waals surface area contributed by atoms with Crippen LogP contribution >= 0.6 is 0 Å². The van der Waals surface area contributed by atoms with E-state index in [0.29, 0.717) is 0 Å². The van der Waals surface area contributed by atoms with E-state index < -0.39 is 0 Å². The molecule has 0 amide bonds. The van der Waals surface area contributed by atoms with Gasteiger partial charge in [0.25, 0.3) is 6.71 Å². The third kappa shape index (κ3) is 1.47. The minimum Gasteiger partial charge on any atom is -0.300 e. The quantitative estimate of drug-likeness (QED) is 0.379. The van der Waals surface area contributed by atoms with Crippen LogP contribution in [0.5, 0.6) is 0 Å². The molecule has 0 radical (unpaired) electrons. The molecule has 3 aromatic carbocycles. The molecule has 0 N–H and O–H groups in total. The Morgan fingerprint density at radius 3 is 2.17 bits per heavy atom. The maximum Gasteiger partial charge on any atom is 0.252 e. The van der Waals surface area contributed by atoms with Gasteiger partial charge in [0, 0.05) is 18.1 Å². The molecule has 0 saturated carbocycles. The van der Waals surface area contributed by atoms with Crippen LogP contribution in [-0.4, -0.2) is 35.8 Å². The van der Waals surface area contributed by atoms with Crippen LogP contribution in [0.4, 0.5) is 0 Å². The van der Waals surface area contributed by atoms with Crippen molar-refractivity contribution in [2.75, 3.05) is 0 Å². The average Bonchev–Trinajstić information content (AvgIpc) is 3.39. The van der Waals surface area contributed by atoms with Crippen molar-refractivity contribution < 1.29 is 0 Å². The number of benzene rings is 3. The minimum absolute atomic E-state index is 0.118. The van der Waals surface area contributed by atoms with Gasteiger partial charge in [0.15, 0.2) is 0 Å². The molecule has 7 heteroatoms. The zero-order chi connectivity index (χ0) is 18.7. The minimum atomic E-state index is 0.118. The fourth-order valence-corrected chi connectivity index (χ4v) is 5.30. The van der Waals surface area contributed by atoms with Gasteiger partial charge in [0.2, 0.25) is 0 Å². The molecule has 0 saturated heterocycles. The Labute approximate surface area is 164 Å². The lowest BCUT2D eigenvalue weighted by atomic mass is 9.34. The maximum absolute atomic E-state index is 4.72. The summed E-state index contributed by atoms with van der Waals surface area (Å²) in [4.78, 5) is 18.7. The van der Waals surface area contributed by atoms with Gasteiger partial charge in [-0.3, -0.25) is 19.1 Å². The fraction of sp³-hybridized carbons (Fsp3) is 0. The molecule has 5 heterocycles. The monoisotopic (exact) mass is 370 g/mol. The van der Waals surface area contributed by atoms with E-state index in [1.807, 2.05) is 12.7 Å². The number of hydrogen-bond donors (Lipinski definition) is 0. The zero-order valence-electron chi connectivity index (χ0n) is 15.1. The fourth-order valence-electron chi connectivity index (χ4n) is 5.30. The van der Waals surface area contributed by atoms with Gasteiger partial charge >= 0.3 is 0 Å². The van der Waals surface area contributed by atoms with Crippen molar-refractivity contribution in [3.05, 3.63) is 67.5 Å². The normalized spacial score (nSPS) is 13.4. The van der Waals surface area contributed by atoms with E-state index >= 15 is 0 Å². The first-order valence-corrected chi connectivity index (χ1v) is 9.60. The van der Waals surface area contributed by atoms with Crippen molar-refractivity contribution in [2.45, 2.75) is 0 Å². The number of aromatic nitrogens is 6. The number of nitrogens with zero attached hydrogens (tertiary/aromatic N) is 6. The van der Waals surface area contributed by atoms with Gasteiger partial charge in [-0.1, -0.05) is 24.3 Å². The summed E-state index contributed by atoms with van der Waals surface area (Å²) in [7, 11) is 0. The highest BCUT2D eigenvalue weighted by Crippen LogP contribution is 2.32. The Kier molecular flexibility index (Phi) is 2.19. The number of imidazole rings is 2. The topological polar surface area (TPSA) is 61.4 Å². The molecule has 2 aliphatic heterocycles. The summed E-state index contributed by atoms with van der Waals surface area (Å²) >= 11 is 0. The Hall–Kier alpha value is -4.00. The van der Waals surface area contributed by atoms with E-state index in [1.165, 1.54) is 21.9 Å². The van der Waals surface area contributed by atoms with E-state index in [2.05, 4.69) is 61.6 Å². The summed E-state index contributed by atoms with van der Waals surface area (Å²) in [6, 6.07) is 15.0. The summed E-state index contributed by atoms with van der Waals surface area (Å²) in [5, 5.41) is 0. The summed E-state index contributed by atoms with van der Waals surface area (Å²) < 4.78 is 4.40. The molecule has 29 heavy (non-hydrogen) atoms. The first-order chi connectivity index (χ1) is 14.4. The number of hydrogen-bond acceptors (Lipinski definition) is 4. The molecule has 6 nitrogen and oxygen atoms in total. The first kappa shape index (κ1) is 14.1. The van der Waals surface area contributed by atoms with E-state index in [-0.39, 0.29) is 6.71 Å². The predicted molar refractivity (Wildman–Crippen MR) is 113 cm³/mol. The Bertz CT molecular complexity index is 1680. The Morgan fingerprint density at radius 2 is 1.38 bits per heavy atom. The summed E-state index contributed by atoms with van der Waals surface area (Å²) in [6.07, 6.45) is 7.35. The van der Waals surface area contributed by atoms with Gasteiger partial charge in [-0.15, -0.1) is 0 Å². The lowest BCUT2D eigenvalue weighted by Gasteiger charge is -2.32. The Balaban J connectivity index is 1.72. The molecule has 0 aliphatic carbocycles. The standard InChI is InChI=1S/C22H11BN6/c1-3-12-20-14(5-1)26-10-28(20)17-9-16-19(25-8-7-24-16)22-18(17)23(12)13-4-2-6-15-21(13)29(22)11-27-15/h1-11H. The van der Waals surface area contributed by atoms with Gasteiger partial charge in [-0.05, 0) is 34.6 Å². The SMILES string of the molecule is c1cc2c3c(c1)ncn3-c1cc3nccnc3c3c1B2c1cccc2ncn-3c12. The number of rotatable bonds is 0. The largest absolute Gasteiger partial charge is 0.300 e. The van der Waals surface area contributed by atoms with Gasteiger partial charge in [0.05, 0.1) is 33.3 Å². The highest BCUT2D eigenvalue weighted by molar-refractivity contribution is 7.00. The molecule has 0 unspecified atom stereocenters. The van der Waals surface area contributed by atoms with E-state index in [0.717, 1.165) is 39.0 Å². The first-order valence-electron chi connectivity index (χ1n) is 9.60. The third-order valence-electron chi connectivity index (χ3n) is 6.36. The molecule has 0 bridgehead atoms. The van der Waals surface area contributed by atoms with Crippen LogP contribution in [0, 0.1) is 0 Å². The van der Waals surface area contributed by atoms with Crippen molar-refractivity contribution >= 4 is 56.2 Å². The molecule has 3 aromatic heterocycles. The molecular weight excluding hydrogens is 359 g/mol. The van der Waals surface area contributed by atoms with Gasteiger partial charge in [-0.2, -0.15) is 0 Å². The van der Waals surface area contributed by atoms with Crippen LogP contribution in [-0.2, 0) is 0 Å². The molecule has 132 valence electrons. The van der Waals surface area contributed by atoms with Crippen LogP contribution in [0.2, 0.25) is 0 Å². The lowest BCUT2D eigenvalue weighted by molar-refractivity contribution is 1.06. The summed E-state index contributed by atoms with van der Waals surface area (Å²) in [6.45, 7) is 0.118. The molecule has 0 atom stereocenters.